The number of aromatic nitrogens is 2. The Labute approximate surface area is 329 Å². The fraction of sp³-hybridized carbons (Fsp3) is 0.0370. The van der Waals surface area contributed by atoms with Crippen LogP contribution in [0.1, 0.15) is 23.1 Å². The Kier molecular flexibility index (Phi) is 7.05. The summed E-state index contributed by atoms with van der Waals surface area (Å²) in [5.74, 6) is 0. The summed E-state index contributed by atoms with van der Waals surface area (Å²) < 4.78 is 6.52. The lowest BCUT2D eigenvalue weighted by molar-refractivity contribution is 0.667. The van der Waals surface area contributed by atoms with Crippen molar-refractivity contribution in [2.24, 2.45) is 0 Å². The second-order valence-electron chi connectivity index (χ2n) is 15.1. The summed E-state index contributed by atoms with van der Waals surface area (Å²) in [7, 11) is 0. The molecule has 3 nitrogen and oxygen atoms in total. The van der Waals surface area contributed by atoms with Crippen LogP contribution in [0.3, 0.4) is 0 Å². The van der Waals surface area contributed by atoms with E-state index in [4.69, 9.17) is 14.4 Å². The third-order valence-electron chi connectivity index (χ3n) is 12.1. The van der Waals surface area contributed by atoms with E-state index < -0.39 is 0 Å². The van der Waals surface area contributed by atoms with Gasteiger partial charge in [-0.3, -0.25) is 9.97 Å². The molecule has 0 atom stereocenters. The molecule has 0 radical (unpaired) electrons. The summed E-state index contributed by atoms with van der Waals surface area (Å²) in [6.07, 6.45) is 7.94. The molecule has 1 aliphatic carbocycles. The number of hydrogen-bond donors (Lipinski definition) is 0. The average Bonchev–Trinajstić information content (AvgIpc) is 3.67. The summed E-state index contributed by atoms with van der Waals surface area (Å²) in [5, 5.41) is 9.46. The fourth-order valence-corrected chi connectivity index (χ4v) is 9.52. The van der Waals surface area contributed by atoms with Crippen molar-refractivity contribution in [3.8, 4) is 33.4 Å². The first-order valence-corrected chi connectivity index (χ1v) is 19.7. The highest BCUT2D eigenvalue weighted by molar-refractivity contribution is 6.23. The highest BCUT2D eigenvalue weighted by Gasteiger charge is 2.22. The lowest BCUT2D eigenvalue weighted by atomic mass is 9.81. The van der Waals surface area contributed by atoms with E-state index in [1.807, 2.05) is 6.07 Å². The summed E-state index contributed by atoms with van der Waals surface area (Å²) in [5.41, 5.74) is 16.2. The van der Waals surface area contributed by atoms with Crippen LogP contribution in [-0.2, 0) is 6.42 Å². The first-order chi connectivity index (χ1) is 28.3. The zero-order chi connectivity index (χ0) is 37.5. The first kappa shape index (κ1) is 31.9. The highest BCUT2D eigenvalue weighted by Crippen LogP contribution is 2.44. The number of rotatable bonds is 4. The monoisotopic (exact) mass is 726 g/mol. The van der Waals surface area contributed by atoms with E-state index >= 15 is 0 Å². The van der Waals surface area contributed by atoms with Gasteiger partial charge in [0.15, 0.2) is 0 Å². The minimum atomic E-state index is 0.928. The second kappa shape index (κ2) is 12.6. The Hall–Kier alpha value is -7.36. The number of nitrogens with zero attached hydrogens (tertiary/aromatic N) is 2. The smallest absolute Gasteiger partial charge is 0.143 e. The fourth-order valence-electron chi connectivity index (χ4n) is 9.52. The third kappa shape index (κ3) is 4.92. The van der Waals surface area contributed by atoms with E-state index in [9.17, 15) is 0 Å². The van der Waals surface area contributed by atoms with Crippen LogP contribution >= 0.6 is 0 Å². The Morgan fingerprint density at radius 3 is 1.84 bits per heavy atom. The maximum atomic E-state index is 6.52. The molecule has 0 bridgehead atoms. The van der Waals surface area contributed by atoms with E-state index in [2.05, 4.69) is 164 Å². The lowest BCUT2D eigenvalue weighted by Crippen LogP contribution is -2.03. The van der Waals surface area contributed by atoms with Crippen LogP contribution in [0.2, 0.25) is 0 Å². The molecule has 266 valence electrons. The van der Waals surface area contributed by atoms with E-state index in [0.717, 1.165) is 62.1 Å². The normalized spacial score (nSPS) is 12.9. The molecule has 57 heavy (non-hydrogen) atoms. The van der Waals surface area contributed by atoms with Crippen LogP contribution < -0.4 is 0 Å². The van der Waals surface area contributed by atoms with Crippen molar-refractivity contribution in [1.82, 2.24) is 9.97 Å². The van der Waals surface area contributed by atoms with Crippen LogP contribution in [-0.4, -0.2) is 9.97 Å². The summed E-state index contributed by atoms with van der Waals surface area (Å²) in [4.78, 5) is 9.48. The van der Waals surface area contributed by atoms with E-state index in [1.54, 1.807) is 12.4 Å². The van der Waals surface area contributed by atoms with Crippen LogP contribution in [0.25, 0.3) is 104 Å². The van der Waals surface area contributed by atoms with Crippen molar-refractivity contribution in [1.29, 1.82) is 0 Å². The van der Waals surface area contributed by atoms with E-state index in [1.165, 1.54) is 71.6 Å². The molecule has 0 spiro atoms. The van der Waals surface area contributed by atoms with Crippen molar-refractivity contribution in [3.05, 3.63) is 199 Å². The van der Waals surface area contributed by atoms with Crippen molar-refractivity contribution >= 4 is 70.9 Å². The maximum Gasteiger partial charge on any atom is 0.143 e. The van der Waals surface area contributed by atoms with Crippen molar-refractivity contribution in [2.45, 2.75) is 12.8 Å². The van der Waals surface area contributed by atoms with Gasteiger partial charge in [0.1, 0.15) is 11.2 Å². The van der Waals surface area contributed by atoms with Crippen LogP contribution in [0.15, 0.2) is 187 Å². The standard InChI is InChI=1S/C54H34N2O/c1-2-15-46-44(13-1)50-32-34(27-28-47(50)53-52(46)55-29-30-56-53)33-11-5-12-35(31-33)36-16-6-18-38-37(36)17-7-19-39(38)40-20-8-22-42-41(40)21-9-23-43(42)48-24-10-25-49-45-14-3-4-26-51(45)57-54(48)49/h1-8,10-20,22-32H,9,21H2. The summed E-state index contributed by atoms with van der Waals surface area (Å²) in [6, 6.07) is 59.6. The molecule has 1 aliphatic rings. The van der Waals surface area contributed by atoms with Gasteiger partial charge in [0.2, 0.25) is 0 Å². The van der Waals surface area contributed by atoms with E-state index in [-0.39, 0.29) is 0 Å². The number of allylic oxidation sites excluding steroid dienone is 1. The highest BCUT2D eigenvalue weighted by atomic mass is 16.3. The zero-order valence-corrected chi connectivity index (χ0v) is 31.0. The number of fused-ring (bicyclic) bond motifs is 11. The van der Waals surface area contributed by atoms with Crippen molar-refractivity contribution < 1.29 is 4.42 Å². The van der Waals surface area contributed by atoms with Crippen LogP contribution in [0.4, 0.5) is 0 Å². The molecule has 0 aliphatic heterocycles. The van der Waals surface area contributed by atoms with Crippen LogP contribution in [0, 0.1) is 0 Å². The minimum Gasteiger partial charge on any atom is -0.455 e. The van der Waals surface area contributed by atoms with Gasteiger partial charge in [0.05, 0.1) is 11.0 Å². The number of para-hydroxylation sites is 2. The molecule has 0 fully saturated rings. The summed E-state index contributed by atoms with van der Waals surface area (Å²) >= 11 is 0. The molecule has 0 saturated heterocycles. The molecule has 0 amide bonds. The van der Waals surface area contributed by atoms with Crippen molar-refractivity contribution in [2.75, 3.05) is 0 Å². The second-order valence-corrected chi connectivity index (χ2v) is 15.1. The Bertz CT molecular complexity index is 3440. The molecule has 12 rings (SSSR count). The van der Waals surface area contributed by atoms with Crippen molar-refractivity contribution in [3.63, 3.8) is 0 Å². The van der Waals surface area contributed by atoms with Gasteiger partial charge in [0.25, 0.3) is 0 Å². The zero-order valence-electron chi connectivity index (χ0n) is 31.0. The molecule has 3 heteroatoms. The topological polar surface area (TPSA) is 38.9 Å². The maximum absolute atomic E-state index is 6.52. The Morgan fingerprint density at radius 1 is 0.386 bits per heavy atom. The van der Waals surface area contributed by atoms with Gasteiger partial charge in [-0.2, -0.15) is 0 Å². The third-order valence-corrected chi connectivity index (χ3v) is 12.1. The van der Waals surface area contributed by atoms with E-state index in [0.29, 0.717) is 0 Å². The number of hydrogen-bond acceptors (Lipinski definition) is 3. The molecule has 0 unspecified atom stereocenters. The van der Waals surface area contributed by atoms with Gasteiger partial charge in [-0.1, -0.05) is 152 Å². The van der Waals surface area contributed by atoms with Gasteiger partial charge >= 0.3 is 0 Å². The SMILES string of the molecule is C1=C(c2cccc3c2oc2ccccc23)c2cccc(-c3cccc4c(-c5cccc(-c6ccc7c(c6)c6ccccc6c6nccnc76)c5)cccc34)c2CC1. The summed E-state index contributed by atoms with van der Waals surface area (Å²) in [6.45, 7) is 0. The van der Waals surface area contributed by atoms with Gasteiger partial charge in [-0.25, -0.2) is 0 Å². The molecule has 2 aromatic heterocycles. The van der Waals surface area contributed by atoms with Gasteiger partial charge < -0.3 is 4.42 Å². The molecule has 0 saturated carbocycles. The lowest BCUT2D eigenvalue weighted by Gasteiger charge is -2.22. The van der Waals surface area contributed by atoms with Crippen LogP contribution in [0.5, 0.6) is 0 Å². The predicted molar refractivity (Wildman–Crippen MR) is 237 cm³/mol. The molecular weight excluding hydrogens is 693 g/mol. The molecule has 2 heterocycles. The van der Waals surface area contributed by atoms with Gasteiger partial charge in [-0.05, 0) is 103 Å². The quantitative estimate of drug-likeness (QED) is 0.170. The molecule has 11 aromatic rings. The molecule has 0 N–H and O–H groups in total. The van der Waals surface area contributed by atoms with Gasteiger partial charge in [0, 0.05) is 39.5 Å². The molecule has 9 aromatic carbocycles. The number of furan rings is 1. The largest absolute Gasteiger partial charge is 0.455 e. The van der Waals surface area contributed by atoms with Gasteiger partial charge in [-0.15, -0.1) is 0 Å². The Balaban J connectivity index is 0.966. The first-order valence-electron chi connectivity index (χ1n) is 19.7. The number of benzene rings is 9. The Morgan fingerprint density at radius 2 is 0.982 bits per heavy atom. The molecular formula is C54H34N2O. The minimum absolute atomic E-state index is 0.928. The predicted octanol–water partition coefficient (Wildman–Crippen LogP) is 14.4. The average molecular weight is 727 g/mol.